The monoisotopic (exact) mass is 432 g/mol. The summed E-state index contributed by atoms with van der Waals surface area (Å²) in [6.07, 6.45) is 0.977. The van der Waals surface area contributed by atoms with Crippen LogP contribution in [0.15, 0.2) is 0 Å². The molecule has 0 unspecified atom stereocenters. The highest BCUT2D eigenvalue weighted by Gasteiger charge is 2.32. The summed E-state index contributed by atoms with van der Waals surface area (Å²) in [5, 5.41) is 18.0. The molecular formula is C20H40N4O4S. The van der Waals surface area contributed by atoms with Crippen molar-refractivity contribution >= 4 is 30.4 Å². The first-order valence-electron chi connectivity index (χ1n) is 10.4. The molecule has 2 amide bonds. The quantitative estimate of drug-likeness (QED) is 0.227. The molecule has 5 atom stereocenters. The topological polar surface area (TPSA) is 134 Å². The number of amides is 2. The molecule has 0 aliphatic rings. The normalized spacial score (nSPS) is 16.8. The molecule has 0 radical (unpaired) electrons. The Morgan fingerprint density at radius 3 is 1.97 bits per heavy atom. The average Bonchev–Trinajstić information content (AvgIpc) is 2.63. The molecule has 0 aromatic heterocycles. The molecule has 6 N–H and O–H groups in total. The van der Waals surface area contributed by atoms with Crippen LogP contribution < -0.4 is 21.7 Å². The Bertz CT molecular complexity index is 531. The minimum Gasteiger partial charge on any atom is -0.480 e. The van der Waals surface area contributed by atoms with Crippen molar-refractivity contribution < 1.29 is 19.5 Å². The van der Waals surface area contributed by atoms with Crippen LogP contribution >= 0.6 is 12.6 Å². The fourth-order valence-electron chi connectivity index (χ4n) is 2.87. The second kappa shape index (κ2) is 13.8. The number of thiol groups is 1. The van der Waals surface area contributed by atoms with Gasteiger partial charge in [-0.05, 0) is 24.2 Å². The summed E-state index contributed by atoms with van der Waals surface area (Å²) in [6, 6.07) is -2.51. The van der Waals surface area contributed by atoms with E-state index >= 15 is 0 Å². The third kappa shape index (κ3) is 10.3. The first-order chi connectivity index (χ1) is 13.4. The maximum absolute atomic E-state index is 12.9. The summed E-state index contributed by atoms with van der Waals surface area (Å²) in [6.45, 7) is 11.8. The van der Waals surface area contributed by atoms with Gasteiger partial charge in [-0.1, -0.05) is 48.0 Å². The van der Waals surface area contributed by atoms with Gasteiger partial charge in [-0.3, -0.25) is 9.59 Å². The average molecular weight is 433 g/mol. The SMILES string of the molecule is CC[C@H](C)[C@H](NC(=O)[C@@H](NC[C@@H](N)CS)C(C)C)C(=O)N[C@@H](CC(C)C)C(=O)O. The second-order valence-electron chi connectivity index (χ2n) is 8.47. The summed E-state index contributed by atoms with van der Waals surface area (Å²) >= 11 is 4.15. The lowest BCUT2D eigenvalue weighted by molar-refractivity contribution is -0.143. The number of aliphatic carboxylic acids is 1. The van der Waals surface area contributed by atoms with Crippen molar-refractivity contribution in [3.05, 3.63) is 0 Å². The van der Waals surface area contributed by atoms with Crippen molar-refractivity contribution in [2.24, 2.45) is 23.5 Å². The van der Waals surface area contributed by atoms with E-state index in [9.17, 15) is 19.5 Å². The summed E-state index contributed by atoms with van der Waals surface area (Å²) in [5.74, 6) is -1.43. The van der Waals surface area contributed by atoms with E-state index in [1.54, 1.807) is 0 Å². The third-order valence-corrected chi connectivity index (χ3v) is 5.37. The maximum atomic E-state index is 12.9. The predicted molar refractivity (Wildman–Crippen MR) is 119 cm³/mol. The van der Waals surface area contributed by atoms with Gasteiger partial charge >= 0.3 is 5.97 Å². The fourth-order valence-corrected chi connectivity index (χ4v) is 3.00. The minimum absolute atomic E-state index is 0.0181. The van der Waals surface area contributed by atoms with Crippen LogP contribution in [0.3, 0.4) is 0 Å². The molecule has 0 aliphatic heterocycles. The molecule has 0 saturated heterocycles. The molecule has 0 bridgehead atoms. The van der Waals surface area contributed by atoms with Gasteiger partial charge in [0.15, 0.2) is 0 Å². The minimum atomic E-state index is -1.08. The molecule has 0 saturated carbocycles. The number of carboxylic acid groups (broad SMARTS) is 1. The molecule has 29 heavy (non-hydrogen) atoms. The Kier molecular flexibility index (Phi) is 13.2. The van der Waals surface area contributed by atoms with E-state index < -0.39 is 30.0 Å². The van der Waals surface area contributed by atoms with Crippen LogP contribution in [0.25, 0.3) is 0 Å². The standard InChI is InChI=1S/C20H40N4O4S/c1-7-13(6)17(19(26)23-15(20(27)28)8-11(2)3)24-18(25)16(12(4)5)22-9-14(21)10-29/h11-17,22,29H,7-10,21H2,1-6H3,(H,23,26)(H,24,25)(H,27,28)/t13-,14+,15-,16-,17-/m0/s1. The molecule has 0 aromatic rings. The molecule has 0 spiro atoms. The Morgan fingerprint density at radius 1 is 1.00 bits per heavy atom. The smallest absolute Gasteiger partial charge is 0.326 e. The first kappa shape index (κ1) is 27.7. The molecule has 0 heterocycles. The number of carbonyl (C=O) groups is 3. The lowest BCUT2D eigenvalue weighted by Crippen LogP contribution is -2.59. The molecular weight excluding hydrogens is 392 g/mol. The van der Waals surface area contributed by atoms with Gasteiger partial charge in [0.05, 0.1) is 6.04 Å². The van der Waals surface area contributed by atoms with Crippen LogP contribution in [0.5, 0.6) is 0 Å². The number of rotatable bonds is 14. The van der Waals surface area contributed by atoms with E-state index in [1.165, 1.54) is 0 Å². The lowest BCUT2D eigenvalue weighted by Gasteiger charge is -2.29. The third-order valence-electron chi connectivity index (χ3n) is 4.90. The Balaban J connectivity index is 5.31. The van der Waals surface area contributed by atoms with Gasteiger partial charge in [0.25, 0.3) is 0 Å². The summed E-state index contributed by atoms with van der Waals surface area (Å²) in [4.78, 5) is 37.2. The van der Waals surface area contributed by atoms with Crippen LogP contribution in [0, 0.1) is 17.8 Å². The zero-order valence-corrected chi connectivity index (χ0v) is 19.5. The Hall–Kier alpha value is -1.32. The van der Waals surface area contributed by atoms with E-state index in [1.807, 2.05) is 41.5 Å². The number of nitrogens with two attached hydrogens (primary N) is 1. The van der Waals surface area contributed by atoms with Crippen LogP contribution in [0.4, 0.5) is 0 Å². The van der Waals surface area contributed by atoms with Crippen molar-refractivity contribution in [1.82, 2.24) is 16.0 Å². The summed E-state index contributed by atoms with van der Waals surface area (Å²) < 4.78 is 0. The molecule has 0 aromatic carbocycles. The fraction of sp³-hybridized carbons (Fsp3) is 0.850. The van der Waals surface area contributed by atoms with Crippen molar-refractivity contribution in [3.63, 3.8) is 0 Å². The van der Waals surface area contributed by atoms with Gasteiger partial charge in [-0.15, -0.1) is 0 Å². The largest absolute Gasteiger partial charge is 0.480 e. The molecule has 170 valence electrons. The molecule has 8 nitrogen and oxygen atoms in total. The van der Waals surface area contributed by atoms with Crippen molar-refractivity contribution in [1.29, 1.82) is 0 Å². The lowest BCUT2D eigenvalue weighted by atomic mass is 9.95. The van der Waals surface area contributed by atoms with Crippen molar-refractivity contribution in [3.8, 4) is 0 Å². The molecule has 9 heteroatoms. The van der Waals surface area contributed by atoms with Crippen LogP contribution in [-0.2, 0) is 14.4 Å². The highest BCUT2D eigenvalue weighted by molar-refractivity contribution is 7.80. The van der Waals surface area contributed by atoms with E-state index in [0.717, 1.165) is 0 Å². The van der Waals surface area contributed by atoms with E-state index in [2.05, 4.69) is 28.6 Å². The van der Waals surface area contributed by atoms with Gasteiger partial charge in [-0.2, -0.15) is 12.6 Å². The highest BCUT2D eigenvalue weighted by atomic mass is 32.1. The first-order valence-corrected chi connectivity index (χ1v) is 11.0. The summed E-state index contributed by atoms with van der Waals surface area (Å²) in [7, 11) is 0. The van der Waals surface area contributed by atoms with Gasteiger partial charge in [0, 0.05) is 18.3 Å². The zero-order chi connectivity index (χ0) is 22.7. The molecule has 0 rings (SSSR count). The number of carbonyl (C=O) groups excluding carboxylic acids is 2. The highest BCUT2D eigenvalue weighted by Crippen LogP contribution is 2.12. The van der Waals surface area contributed by atoms with Gasteiger partial charge < -0.3 is 26.8 Å². The van der Waals surface area contributed by atoms with Crippen molar-refractivity contribution in [2.75, 3.05) is 12.3 Å². The van der Waals surface area contributed by atoms with E-state index in [-0.39, 0.29) is 29.7 Å². The number of nitrogens with one attached hydrogen (secondary N) is 3. The van der Waals surface area contributed by atoms with Gasteiger partial charge in [0.1, 0.15) is 12.1 Å². The van der Waals surface area contributed by atoms with Gasteiger partial charge in [-0.25, -0.2) is 4.79 Å². The van der Waals surface area contributed by atoms with Crippen molar-refractivity contribution in [2.45, 2.75) is 78.6 Å². The number of hydrogen-bond donors (Lipinski definition) is 6. The van der Waals surface area contributed by atoms with Crippen LogP contribution in [0.2, 0.25) is 0 Å². The number of carboxylic acids is 1. The van der Waals surface area contributed by atoms with Crippen LogP contribution in [-0.4, -0.2) is 59.4 Å². The van der Waals surface area contributed by atoms with Crippen LogP contribution in [0.1, 0.15) is 54.4 Å². The second-order valence-corrected chi connectivity index (χ2v) is 8.84. The number of hydrogen-bond acceptors (Lipinski definition) is 6. The molecule has 0 fully saturated rings. The van der Waals surface area contributed by atoms with E-state index in [0.29, 0.717) is 25.1 Å². The Morgan fingerprint density at radius 2 is 1.55 bits per heavy atom. The van der Waals surface area contributed by atoms with Gasteiger partial charge in [0.2, 0.25) is 11.8 Å². The Labute approximate surface area is 180 Å². The van der Waals surface area contributed by atoms with E-state index in [4.69, 9.17) is 5.73 Å². The zero-order valence-electron chi connectivity index (χ0n) is 18.6. The predicted octanol–water partition coefficient (Wildman–Crippen LogP) is 1.00. The molecule has 0 aliphatic carbocycles. The summed E-state index contributed by atoms with van der Waals surface area (Å²) in [5.41, 5.74) is 5.87. The maximum Gasteiger partial charge on any atom is 0.326 e.